The van der Waals surface area contributed by atoms with Crippen LogP contribution in [0.25, 0.3) is 0 Å². The highest BCUT2D eigenvalue weighted by Crippen LogP contribution is 2.37. The third kappa shape index (κ3) is 7.39. The maximum Gasteiger partial charge on any atom is 0.187 e. The highest BCUT2D eigenvalue weighted by molar-refractivity contribution is 5.17. The molecular formula is C30H49N5O14. The molecule has 0 radical (unpaired) electrons. The molecule has 1 aromatic rings. The second kappa shape index (κ2) is 15.6. The fourth-order valence-electron chi connectivity index (χ4n) is 6.99. The average molecular weight is 704 g/mol. The molecule has 0 bridgehead atoms. The van der Waals surface area contributed by atoms with Crippen molar-refractivity contribution in [2.75, 3.05) is 19.8 Å². The first kappa shape index (κ1) is 37.2. The smallest absolute Gasteiger partial charge is 0.187 e. The first-order valence-electron chi connectivity index (χ1n) is 16.4. The van der Waals surface area contributed by atoms with Crippen LogP contribution in [0.1, 0.15) is 18.3 Å². The van der Waals surface area contributed by atoms with Crippen LogP contribution < -0.4 is 28.7 Å². The van der Waals surface area contributed by atoms with E-state index in [2.05, 4.69) is 0 Å². The van der Waals surface area contributed by atoms with Crippen molar-refractivity contribution in [2.45, 2.75) is 129 Å². The van der Waals surface area contributed by atoms with Crippen LogP contribution in [0.3, 0.4) is 0 Å². The van der Waals surface area contributed by atoms with Crippen LogP contribution in [0.15, 0.2) is 30.3 Å². The average Bonchev–Trinajstić information content (AvgIpc) is 3.40. The van der Waals surface area contributed by atoms with E-state index in [4.69, 9.17) is 66.6 Å². The Kier molecular flexibility index (Phi) is 11.8. The van der Waals surface area contributed by atoms with E-state index < -0.39 is 129 Å². The van der Waals surface area contributed by atoms with Gasteiger partial charge in [0, 0.05) is 24.2 Å². The Balaban J connectivity index is 1.14. The fraction of sp³-hybridized carbons (Fsp3) is 0.800. The van der Waals surface area contributed by atoms with Crippen LogP contribution >= 0.6 is 0 Å². The molecular weight excluding hydrogens is 654 g/mol. The number of aliphatic hydroxyl groups excluding tert-OH is 6. The highest BCUT2D eigenvalue weighted by Gasteiger charge is 2.55. The topological polar surface area (TPSA) is 325 Å². The molecule has 4 heterocycles. The minimum Gasteiger partial charge on any atom is -0.394 e. The summed E-state index contributed by atoms with van der Waals surface area (Å²) >= 11 is 0. The lowest BCUT2D eigenvalue weighted by Crippen LogP contribution is -2.69. The lowest BCUT2D eigenvalue weighted by atomic mass is 9.84. The SMILES string of the molecule is NC[C@@H]1O[C@H](O[C@H]2[C@@H](O)[C@H](O[C@@H]3[C@@H](O)[C@H](N)C[C@H](N)[C@H]3O[C@H]3O[C@@H]4CO[C@@H](c5ccccc5)O[C@H]4[C@H](O)[C@H]3N)O[C@@H]2CO)[C@H](N)[C@@H](O)[C@@H]1O. The van der Waals surface area contributed by atoms with Crippen molar-refractivity contribution in [1.29, 1.82) is 0 Å². The second-order valence-electron chi connectivity index (χ2n) is 13.2. The molecule has 19 nitrogen and oxygen atoms in total. The third-order valence-corrected chi connectivity index (χ3v) is 9.88. The minimum atomic E-state index is -1.60. The van der Waals surface area contributed by atoms with Gasteiger partial charge >= 0.3 is 0 Å². The van der Waals surface area contributed by atoms with E-state index in [0.29, 0.717) is 0 Å². The molecule has 49 heavy (non-hydrogen) atoms. The number of ether oxygens (including phenoxy) is 8. The molecule has 1 aliphatic carbocycles. The van der Waals surface area contributed by atoms with Gasteiger partial charge in [0.15, 0.2) is 25.2 Å². The van der Waals surface area contributed by atoms with Crippen LogP contribution in [0, 0.1) is 0 Å². The van der Waals surface area contributed by atoms with Crippen LogP contribution in [-0.4, -0.2) is 167 Å². The largest absolute Gasteiger partial charge is 0.394 e. The highest BCUT2D eigenvalue weighted by atomic mass is 16.8. The van der Waals surface area contributed by atoms with Crippen molar-refractivity contribution in [3.8, 4) is 0 Å². The molecule has 6 rings (SSSR count). The van der Waals surface area contributed by atoms with Gasteiger partial charge < -0.3 is 97.2 Å². The van der Waals surface area contributed by atoms with Gasteiger partial charge in [0.25, 0.3) is 0 Å². The van der Waals surface area contributed by atoms with Gasteiger partial charge in [-0.25, -0.2) is 0 Å². The summed E-state index contributed by atoms with van der Waals surface area (Å²) in [5, 5.41) is 64.3. The van der Waals surface area contributed by atoms with Gasteiger partial charge in [-0.2, -0.15) is 0 Å². The molecule has 0 spiro atoms. The molecule has 5 aliphatic rings. The molecule has 1 saturated carbocycles. The number of rotatable bonds is 9. The fourth-order valence-corrected chi connectivity index (χ4v) is 6.99. The Morgan fingerprint density at radius 1 is 0.653 bits per heavy atom. The number of nitrogens with two attached hydrogens (primary N) is 5. The summed E-state index contributed by atoms with van der Waals surface area (Å²) in [6, 6.07) is 5.16. The van der Waals surface area contributed by atoms with Gasteiger partial charge in [-0.05, 0) is 6.42 Å². The quantitative estimate of drug-likeness (QED) is 0.114. The Morgan fingerprint density at radius 2 is 1.29 bits per heavy atom. The number of hydrogen-bond acceptors (Lipinski definition) is 19. The summed E-state index contributed by atoms with van der Waals surface area (Å²) in [6.07, 6.45) is -19.3. The molecule has 19 heteroatoms. The first-order valence-corrected chi connectivity index (χ1v) is 16.4. The standard InChI is InChI=1S/C30H49N5O14/c31-7-13-19(38)20(39)16(34)28(43-13)48-24-14(8-36)44-30(22(24)41)49-26-18(37)11(32)6-12(33)23(26)46-29-17(35)21(40)25-15(45-29)9-42-27(47-25)10-4-2-1-3-5-10/h1-5,11-30,36-41H,6-9,31-35H2/t11-,12+,13+,14-,15-,16-,17-,18+,19-,20-,21-,22-,23-,24-,25-,26-,27-,28-,29-,30+/m1/s1. The maximum absolute atomic E-state index is 11.3. The van der Waals surface area contributed by atoms with Crippen LogP contribution in [0.2, 0.25) is 0 Å². The molecule has 20 atom stereocenters. The molecule has 4 saturated heterocycles. The first-order chi connectivity index (χ1) is 23.4. The second-order valence-corrected chi connectivity index (χ2v) is 13.2. The minimum absolute atomic E-state index is 0.0560. The summed E-state index contributed by atoms with van der Waals surface area (Å²) in [5.74, 6) is 0. The van der Waals surface area contributed by atoms with E-state index in [-0.39, 0.29) is 19.6 Å². The zero-order valence-corrected chi connectivity index (χ0v) is 26.6. The Hall–Kier alpha value is -1.54. The van der Waals surface area contributed by atoms with Crippen molar-refractivity contribution in [3.05, 3.63) is 35.9 Å². The van der Waals surface area contributed by atoms with Crippen molar-refractivity contribution >= 4 is 0 Å². The van der Waals surface area contributed by atoms with Gasteiger partial charge in [0.2, 0.25) is 0 Å². The molecule has 0 aromatic heterocycles. The van der Waals surface area contributed by atoms with Gasteiger partial charge in [-0.15, -0.1) is 0 Å². The Morgan fingerprint density at radius 3 is 1.98 bits per heavy atom. The molecule has 1 aromatic carbocycles. The zero-order chi connectivity index (χ0) is 35.1. The molecule has 278 valence electrons. The molecule has 0 amide bonds. The number of aliphatic hydroxyl groups is 6. The summed E-state index contributed by atoms with van der Waals surface area (Å²) < 4.78 is 47.5. The molecule has 0 unspecified atom stereocenters. The van der Waals surface area contributed by atoms with Crippen molar-refractivity contribution in [2.24, 2.45) is 28.7 Å². The Labute approximate surface area is 282 Å². The lowest BCUT2D eigenvalue weighted by molar-refractivity contribution is -0.356. The van der Waals surface area contributed by atoms with E-state index in [0.717, 1.165) is 5.56 Å². The number of fused-ring (bicyclic) bond motifs is 1. The van der Waals surface area contributed by atoms with Crippen LogP contribution in [0.4, 0.5) is 0 Å². The third-order valence-electron chi connectivity index (χ3n) is 9.88. The van der Waals surface area contributed by atoms with Crippen molar-refractivity contribution in [1.82, 2.24) is 0 Å². The zero-order valence-electron chi connectivity index (χ0n) is 26.6. The van der Waals surface area contributed by atoms with E-state index >= 15 is 0 Å². The predicted molar refractivity (Wildman–Crippen MR) is 163 cm³/mol. The lowest BCUT2D eigenvalue weighted by Gasteiger charge is -2.49. The van der Waals surface area contributed by atoms with Gasteiger partial charge in [0.1, 0.15) is 67.1 Å². The summed E-state index contributed by atoms with van der Waals surface area (Å²) in [6.45, 7) is -0.742. The van der Waals surface area contributed by atoms with Crippen LogP contribution in [0.5, 0.6) is 0 Å². The summed E-state index contributed by atoms with van der Waals surface area (Å²) in [7, 11) is 0. The van der Waals surface area contributed by atoms with Gasteiger partial charge in [-0.1, -0.05) is 30.3 Å². The van der Waals surface area contributed by atoms with Crippen molar-refractivity contribution < 1.29 is 68.5 Å². The van der Waals surface area contributed by atoms with Gasteiger partial charge in [0.05, 0.1) is 31.4 Å². The molecule has 16 N–H and O–H groups in total. The monoisotopic (exact) mass is 703 g/mol. The van der Waals surface area contributed by atoms with Crippen LogP contribution in [-0.2, 0) is 37.9 Å². The van der Waals surface area contributed by atoms with E-state index in [9.17, 15) is 30.6 Å². The molecule has 5 fully saturated rings. The molecule has 4 aliphatic heterocycles. The van der Waals surface area contributed by atoms with Gasteiger partial charge in [-0.3, -0.25) is 0 Å². The summed E-state index contributed by atoms with van der Waals surface area (Å²) in [5.41, 5.74) is 31.5. The Bertz CT molecular complexity index is 1210. The predicted octanol–water partition coefficient (Wildman–Crippen LogP) is -6.10. The van der Waals surface area contributed by atoms with E-state index in [1.54, 1.807) is 0 Å². The summed E-state index contributed by atoms with van der Waals surface area (Å²) in [4.78, 5) is 0. The maximum atomic E-state index is 11.3. The number of benzene rings is 1. The normalized spacial score (nSPS) is 50.6. The van der Waals surface area contributed by atoms with E-state index in [1.165, 1.54) is 0 Å². The van der Waals surface area contributed by atoms with E-state index in [1.807, 2.05) is 30.3 Å². The number of hydrogen-bond donors (Lipinski definition) is 11. The van der Waals surface area contributed by atoms with Crippen molar-refractivity contribution in [3.63, 3.8) is 0 Å².